The first-order chi connectivity index (χ1) is 14.2. The van der Waals surface area contributed by atoms with E-state index in [1.807, 2.05) is 48.5 Å². The molecule has 2 aliphatic heterocycles. The minimum absolute atomic E-state index is 0.0861. The number of carbonyl (C=O) groups excluding carboxylic acids is 1. The zero-order valence-corrected chi connectivity index (χ0v) is 16.5. The maximum Gasteiger partial charge on any atom is 0.224 e. The molecular formula is C23H28N2O4. The summed E-state index contributed by atoms with van der Waals surface area (Å²) in [6, 6.07) is 14.8. The predicted molar refractivity (Wildman–Crippen MR) is 110 cm³/mol. The summed E-state index contributed by atoms with van der Waals surface area (Å²) in [6.07, 6.45) is 1.78. The fraction of sp³-hybridized carbons (Fsp3) is 0.435. The van der Waals surface area contributed by atoms with Crippen LogP contribution in [0.5, 0.6) is 11.5 Å². The standard InChI is InChI=1S/C23H28N2O4/c26-22(14-17-6-2-1-3-7-17)24-19(16-25-10-4-5-11-25)23(27)18-8-9-20-21(15-18)29-13-12-28-20/h1-3,6-9,15,19,23,27H,4-5,10-14,16H2,(H,24,26)/t19-,23-/m1/s1. The molecule has 1 amide bonds. The summed E-state index contributed by atoms with van der Waals surface area (Å²) in [5.74, 6) is 1.25. The van der Waals surface area contributed by atoms with Gasteiger partial charge in [0.05, 0.1) is 12.5 Å². The van der Waals surface area contributed by atoms with Gasteiger partial charge >= 0.3 is 0 Å². The maximum absolute atomic E-state index is 12.7. The molecule has 2 heterocycles. The second-order valence-electron chi connectivity index (χ2n) is 7.69. The van der Waals surface area contributed by atoms with Crippen LogP contribution in [0.4, 0.5) is 0 Å². The molecule has 1 saturated heterocycles. The number of hydrogen-bond acceptors (Lipinski definition) is 5. The van der Waals surface area contributed by atoms with Crippen molar-refractivity contribution < 1.29 is 19.4 Å². The Morgan fingerprint density at radius 3 is 2.52 bits per heavy atom. The van der Waals surface area contributed by atoms with Gasteiger partial charge in [0, 0.05) is 6.54 Å². The molecule has 2 aromatic rings. The van der Waals surface area contributed by atoms with Crippen molar-refractivity contribution in [3.63, 3.8) is 0 Å². The summed E-state index contributed by atoms with van der Waals surface area (Å²) >= 11 is 0. The van der Waals surface area contributed by atoms with E-state index in [1.54, 1.807) is 0 Å². The van der Waals surface area contributed by atoms with Crippen molar-refractivity contribution in [2.45, 2.75) is 31.4 Å². The summed E-state index contributed by atoms with van der Waals surface area (Å²) in [4.78, 5) is 15.0. The number of benzene rings is 2. The van der Waals surface area contributed by atoms with E-state index in [0.717, 1.165) is 37.1 Å². The van der Waals surface area contributed by atoms with Crippen LogP contribution >= 0.6 is 0 Å². The number of hydrogen-bond donors (Lipinski definition) is 2. The van der Waals surface area contributed by atoms with E-state index in [2.05, 4.69) is 10.2 Å². The number of ether oxygens (including phenoxy) is 2. The van der Waals surface area contributed by atoms with Crippen molar-refractivity contribution in [1.82, 2.24) is 10.2 Å². The molecule has 154 valence electrons. The monoisotopic (exact) mass is 396 g/mol. The number of carbonyl (C=O) groups is 1. The highest BCUT2D eigenvalue weighted by atomic mass is 16.6. The van der Waals surface area contributed by atoms with Crippen LogP contribution < -0.4 is 14.8 Å². The van der Waals surface area contributed by atoms with Gasteiger partial charge in [-0.05, 0) is 49.2 Å². The lowest BCUT2D eigenvalue weighted by Gasteiger charge is -2.29. The smallest absolute Gasteiger partial charge is 0.224 e. The molecule has 0 aliphatic carbocycles. The summed E-state index contributed by atoms with van der Waals surface area (Å²) in [7, 11) is 0. The van der Waals surface area contributed by atoms with E-state index in [4.69, 9.17) is 9.47 Å². The minimum atomic E-state index is -0.828. The molecule has 0 aromatic heterocycles. The summed E-state index contributed by atoms with van der Waals surface area (Å²) in [6.45, 7) is 3.65. The molecule has 0 unspecified atom stereocenters. The van der Waals surface area contributed by atoms with E-state index in [-0.39, 0.29) is 5.91 Å². The number of amides is 1. The van der Waals surface area contributed by atoms with Gasteiger partial charge in [-0.1, -0.05) is 36.4 Å². The second kappa shape index (κ2) is 9.29. The quantitative estimate of drug-likeness (QED) is 0.752. The molecule has 29 heavy (non-hydrogen) atoms. The molecule has 0 saturated carbocycles. The second-order valence-corrected chi connectivity index (χ2v) is 7.69. The van der Waals surface area contributed by atoms with Crippen LogP contribution in [-0.4, -0.2) is 54.8 Å². The van der Waals surface area contributed by atoms with E-state index >= 15 is 0 Å². The zero-order chi connectivity index (χ0) is 20.1. The largest absolute Gasteiger partial charge is 0.486 e. The van der Waals surface area contributed by atoms with Crippen molar-refractivity contribution in [3.05, 3.63) is 59.7 Å². The third-order valence-electron chi connectivity index (χ3n) is 5.50. The van der Waals surface area contributed by atoms with Crippen LogP contribution in [-0.2, 0) is 11.2 Å². The molecule has 0 bridgehead atoms. The number of nitrogens with one attached hydrogen (secondary N) is 1. The van der Waals surface area contributed by atoms with E-state index in [0.29, 0.717) is 37.7 Å². The maximum atomic E-state index is 12.7. The molecule has 2 aromatic carbocycles. The van der Waals surface area contributed by atoms with Gasteiger partial charge in [0.1, 0.15) is 19.3 Å². The zero-order valence-electron chi connectivity index (χ0n) is 16.5. The number of likely N-dealkylation sites (tertiary alicyclic amines) is 1. The fourth-order valence-corrected chi connectivity index (χ4v) is 3.98. The van der Waals surface area contributed by atoms with Gasteiger partial charge in [0.15, 0.2) is 11.5 Å². The average Bonchev–Trinajstić information content (AvgIpc) is 3.26. The number of fused-ring (bicyclic) bond motifs is 1. The van der Waals surface area contributed by atoms with Crippen molar-refractivity contribution in [2.75, 3.05) is 32.8 Å². The molecule has 6 heteroatoms. The first kappa shape index (κ1) is 19.7. The molecule has 2 aliphatic rings. The lowest BCUT2D eigenvalue weighted by atomic mass is 10.0. The lowest BCUT2D eigenvalue weighted by molar-refractivity contribution is -0.122. The molecule has 4 rings (SSSR count). The Labute approximate surface area is 171 Å². The highest BCUT2D eigenvalue weighted by Gasteiger charge is 2.27. The minimum Gasteiger partial charge on any atom is -0.486 e. The Hall–Kier alpha value is -2.57. The van der Waals surface area contributed by atoms with Gasteiger partial charge in [-0.2, -0.15) is 0 Å². The van der Waals surface area contributed by atoms with Crippen molar-refractivity contribution >= 4 is 5.91 Å². The molecule has 2 N–H and O–H groups in total. The molecular weight excluding hydrogens is 368 g/mol. The van der Waals surface area contributed by atoms with E-state index in [9.17, 15) is 9.90 Å². The summed E-state index contributed by atoms with van der Waals surface area (Å²) in [5.41, 5.74) is 1.68. The van der Waals surface area contributed by atoms with Crippen molar-refractivity contribution in [2.24, 2.45) is 0 Å². The number of aliphatic hydroxyl groups is 1. The molecule has 1 fully saturated rings. The summed E-state index contributed by atoms with van der Waals surface area (Å²) in [5, 5.41) is 14.2. The van der Waals surface area contributed by atoms with Gasteiger partial charge in [-0.3, -0.25) is 4.79 Å². The molecule has 0 radical (unpaired) electrons. The average molecular weight is 396 g/mol. The van der Waals surface area contributed by atoms with Crippen molar-refractivity contribution in [1.29, 1.82) is 0 Å². The van der Waals surface area contributed by atoms with Gasteiger partial charge in [-0.25, -0.2) is 0 Å². The van der Waals surface area contributed by atoms with Crippen LogP contribution in [0, 0.1) is 0 Å². The Kier molecular flexibility index (Phi) is 6.32. The number of rotatable bonds is 7. The highest BCUT2D eigenvalue weighted by Crippen LogP contribution is 2.33. The van der Waals surface area contributed by atoms with Gasteiger partial charge in [0.2, 0.25) is 5.91 Å². The molecule has 6 nitrogen and oxygen atoms in total. The SMILES string of the molecule is O=C(Cc1ccccc1)N[C@H](CN1CCCC1)[C@H](O)c1ccc2c(c1)OCCO2. The predicted octanol–water partition coefficient (Wildman–Crippen LogP) is 2.31. The van der Waals surface area contributed by atoms with E-state index < -0.39 is 12.1 Å². The molecule has 0 spiro atoms. The van der Waals surface area contributed by atoms with Gasteiger partial charge in [0.25, 0.3) is 0 Å². The van der Waals surface area contributed by atoms with Crippen LogP contribution in [0.25, 0.3) is 0 Å². The van der Waals surface area contributed by atoms with Crippen LogP contribution in [0.15, 0.2) is 48.5 Å². The van der Waals surface area contributed by atoms with Gasteiger partial charge < -0.3 is 24.8 Å². The first-order valence-electron chi connectivity index (χ1n) is 10.3. The van der Waals surface area contributed by atoms with Gasteiger partial charge in [-0.15, -0.1) is 0 Å². The topological polar surface area (TPSA) is 71.0 Å². The lowest BCUT2D eigenvalue weighted by Crippen LogP contribution is -2.47. The first-order valence-corrected chi connectivity index (χ1v) is 10.3. The van der Waals surface area contributed by atoms with Crippen molar-refractivity contribution in [3.8, 4) is 11.5 Å². The number of nitrogens with zero attached hydrogens (tertiary/aromatic N) is 1. The number of aliphatic hydroxyl groups excluding tert-OH is 1. The Morgan fingerprint density at radius 2 is 1.76 bits per heavy atom. The fourth-order valence-electron chi connectivity index (χ4n) is 3.98. The van der Waals surface area contributed by atoms with Crippen LogP contribution in [0.1, 0.15) is 30.1 Å². The Bertz CT molecular complexity index is 821. The van der Waals surface area contributed by atoms with E-state index in [1.165, 1.54) is 0 Å². The normalized spacial score (nSPS) is 18.2. The third-order valence-corrected chi connectivity index (χ3v) is 5.50. The highest BCUT2D eigenvalue weighted by molar-refractivity contribution is 5.79. The Morgan fingerprint density at radius 1 is 1.03 bits per heavy atom. The van der Waals surface area contributed by atoms with Crippen LogP contribution in [0.2, 0.25) is 0 Å². The molecule has 2 atom stereocenters. The summed E-state index contributed by atoms with van der Waals surface area (Å²) < 4.78 is 11.2. The third kappa shape index (κ3) is 5.08. The van der Waals surface area contributed by atoms with Crippen LogP contribution in [0.3, 0.4) is 0 Å². The Balaban J connectivity index is 1.48.